The Morgan fingerprint density at radius 2 is 2.14 bits per heavy atom. The van der Waals surface area contributed by atoms with E-state index in [1.807, 2.05) is 0 Å². The maximum Gasteiger partial charge on any atom is 0.417 e. The Hall–Kier alpha value is -2.90. The molecule has 2 rings (SSSR count). The number of nitro groups is 1. The molecule has 0 aliphatic rings. The molecule has 1 aromatic heterocycles. The Bertz CT molecular complexity index is 768. The van der Waals surface area contributed by atoms with Crippen LogP contribution >= 0.6 is 0 Å². The van der Waals surface area contributed by atoms with E-state index in [9.17, 15) is 19.7 Å². The van der Waals surface area contributed by atoms with Crippen LogP contribution in [0.1, 0.15) is 12.8 Å². The van der Waals surface area contributed by atoms with Crippen LogP contribution in [0.15, 0.2) is 33.5 Å². The number of rotatable bonds is 6. The van der Waals surface area contributed by atoms with E-state index in [0.717, 1.165) is 0 Å². The first-order chi connectivity index (χ1) is 10.5. The number of fused-ring (bicyclic) bond motifs is 1. The predicted molar refractivity (Wildman–Crippen MR) is 78.9 cm³/mol. The molecule has 0 atom stereocenters. The highest BCUT2D eigenvalue weighted by atomic mass is 16.6. The summed E-state index contributed by atoms with van der Waals surface area (Å²) in [6, 6.07) is 6.53. The summed E-state index contributed by atoms with van der Waals surface area (Å²) in [6.07, 6.45) is 0.592. The first kappa shape index (κ1) is 15.5. The maximum absolute atomic E-state index is 11.8. The molecule has 0 saturated carbocycles. The van der Waals surface area contributed by atoms with Gasteiger partial charge in [0.15, 0.2) is 0 Å². The molecule has 0 radical (unpaired) electrons. The molecule has 0 aliphatic heterocycles. The van der Waals surface area contributed by atoms with Crippen LogP contribution in [0.3, 0.4) is 0 Å². The predicted octanol–water partition coefficient (Wildman–Crippen LogP) is 2.07. The molecule has 0 unspecified atom stereocenters. The molecule has 0 amide bonds. The third kappa shape index (κ3) is 3.22. The number of hydrogen-bond acceptors (Lipinski definition) is 7. The van der Waals surface area contributed by atoms with Gasteiger partial charge in [0.1, 0.15) is 11.3 Å². The van der Waals surface area contributed by atoms with Crippen molar-refractivity contribution in [3.8, 4) is 0 Å². The van der Waals surface area contributed by atoms with Crippen LogP contribution < -0.4 is 10.9 Å². The number of nitrogens with zero attached hydrogens (tertiary/aromatic N) is 1. The van der Waals surface area contributed by atoms with Crippen LogP contribution in [-0.4, -0.2) is 24.5 Å². The van der Waals surface area contributed by atoms with Crippen molar-refractivity contribution >= 4 is 28.3 Å². The summed E-state index contributed by atoms with van der Waals surface area (Å²) in [7, 11) is 1.29. The number of anilines is 1. The minimum atomic E-state index is -1.01. The molecule has 0 fully saturated rings. The van der Waals surface area contributed by atoms with Crippen LogP contribution in [0, 0.1) is 10.1 Å². The molecule has 1 heterocycles. The highest BCUT2D eigenvalue weighted by Crippen LogP contribution is 2.29. The fourth-order valence-corrected chi connectivity index (χ4v) is 2.03. The number of hydrogen-bond donors (Lipinski definition) is 1. The Morgan fingerprint density at radius 1 is 1.41 bits per heavy atom. The number of ether oxygens (including phenoxy) is 1. The largest absolute Gasteiger partial charge is 0.469 e. The van der Waals surface area contributed by atoms with Gasteiger partial charge < -0.3 is 14.5 Å². The second-order valence-electron chi connectivity index (χ2n) is 4.47. The normalized spacial score (nSPS) is 10.4. The number of carbonyl (C=O) groups excluding carboxylic acids is 1. The van der Waals surface area contributed by atoms with Gasteiger partial charge >= 0.3 is 17.3 Å². The van der Waals surface area contributed by atoms with Crippen LogP contribution in [0.25, 0.3) is 11.0 Å². The average molecular weight is 306 g/mol. The maximum atomic E-state index is 11.8. The molecule has 116 valence electrons. The zero-order valence-electron chi connectivity index (χ0n) is 11.8. The van der Waals surface area contributed by atoms with Crippen molar-refractivity contribution in [2.75, 3.05) is 19.0 Å². The lowest BCUT2D eigenvalue weighted by Crippen LogP contribution is -2.13. The van der Waals surface area contributed by atoms with Crippen molar-refractivity contribution in [1.82, 2.24) is 0 Å². The molecule has 0 saturated heterocycles. The van der Waals surface area contributed by atoms with Crippen LogP contribution in [0.5, 0.6) is 0 Å². The van der Waals surface area contributed by atoms with Gasteiger partial charge in [-0.15, -0.1) is 0 Å². The van der Waals surface area contributed by atoms with Crippen molar-refractivity contribution < 1.29 is 18.9 Å². The van der Waals surface area contributed by atoms with Gasteiger partial charge in [0.2, 0.25) is 0 Å². The third-order valence-corrected chi connectivity index (χ3v) is 3.06. The number of nitrogens with one attached hydrogen (secondary N) is 1. The summed E-state index contributed by atoms with van der Waals surface area (Å²) < 4.78 is 9.46. The average Bonchev–Trinajstić information content (AvgIpc) is 2.50. The third-order valence-electron chi connectivity index (χ3n) is 3.06. The van der Waals surface area contributed by atoms with E-state index >= 15 is 0 Å². The molecule has 0 bridgehead atoms. The van der Waals surface area contributed by atoms with Crippen molar-refractivity contribution in [3.05, 3.63) is 44.8 Å². The van der Waals surface area contributed by atoms with Gasteiger partial charge in [-0.1, -0.05) is 12.1 Å². The van der Waals surface area contributed by atoms with Gasteiger partial charge in [-0.05, 0) is 18.6 Å². The second kappa shape index (κ2) is 6.70. The number of esters is 1. The number of carbonyl (C=O) groups is 1. The summed E-state index contributed by atoms with van der Waals surface area (Å²) in [4.78, 5) is 33.1. The molecule has 0 spiro atoms. The molecule has 8 heteroatoms. The molecular weight excluding hydrogens is 292 g/mol. The highest BCUT2D eigenvalue weighted by Gasteiger charge is 2.24. The molecule has 22 heavy (non-hydrogen) atoms. The first-order valence-electron chi connectivity index (χ1n) is 6.55. The minimum absolute atomic E-state index is 0.0988. The van der Waals surface area contributed by atoms with Crippen molar-refractivity contribution in [2.24, 2.45) is 0 Å². The zero-order valence-corrected chi connectivity index (χ0v) is 11.8. The molecule has 8 nitrogen and oxygen atoms in total. The molecule has 0 aliphatic carbocycles. The van der Waals surface area contributed by atoms with Gasteiger partial charge in [0.25, 0.3) is 0 Å². The molecule has 2 aromatic rings. The monoisotopic (exact) mass is 306 g/mol. The van der Waals surface area contributed by atoms with Gasteiger partial charge in [-0.2, -0.15) is 0 Å². The summed E-state index contributed by atoms with van der Waals surface area (Å²) >= 11 is 0. The summed E-state index contributed by atoms with van der Waals surface area (Å²) in [6.45, 7) is 0.281. The molecule has 1 N–H and O–H groups in total. The minimum Gasteiger partial charge on any atom is -0.469 e. The van der Waals surface area contributed by atoms with Gasteiger partial charge in [0.05, 0.1) is 12.0 Å². The SMILES string of the molecule is COC(=O)CCCNc1c([N+](=O)[O-])c(=O)oc2ccccc12. The topological polar surface area (TPSA) is 112 Å². The summed E-state index contributed by atoms with van der Waals surface area (Å²) in [5.41, 5.74) is -1.30. The van der Waals surface area contributed by atoms with E-state index in [-0.39, 0.29) is 30.2 Å². The summed E-state index contributed by atoms with van der Waals surface area (Å²) in [5.74, 6) is -0.367. The Morgan fingerprint density at radius 3 is 2.82 bits per heavy atom. The second-order valence-corrected chi connectivity index (χ2v) is 4.47. The lowest BCUT2D eigenvalue weighted by atomic mass is 10.2. The fraction of sp³-hybridized carbons (Fsp3) is 0.286. The Kier molecular flexibility index (Phi) is 4.72. The lowest BCUT2D eigenvalue weighted by Gasteiger charge is -2.08. The number of para-hydroxylation sites is 1. The highest BCUT2D eigenvalue weighted by molar-refractivity contribution is 5.94. The fourth-order valence-electron chi connectivity index (χ4n) is 2.03. The lowest BCUT2D eigenvalue weighted by molar-refractivity contribution is -0.386. The van der Waals surface area contributed by atoms with E-state index in [1.165, 1.54) is 7.11 Å². The van der Waals surface area contributed by atoms with Crippen LogP contribution in [-0.2, 0) is 9.53 Å². The van der Waals surface area contributed by atoms with Crippen LogP contribution in [0.4, 0.5) is 11.4 Å². The summed E-state index contributed by atoms with van der Waals surface area (Å²) in [5, 5.41) is 14.4. The van der Waals surface area contributed by atoms with E-state index < -0.39 is 16.2 Å². The van der Waals surface area contributed by atoms with Gasteiger partial charge in [0, 0.05) is 18.4 Å². The molecular formula is C14H14N2O6. The number of methoxy groups -OCH3 is 1. The quantitative estimate of drug-likeness (QED) is 0.286. The van der Waals surface area contributed by atoms with Crippen molar-refractivity contribution in [3.63, 3.8) is 0 Å². The van der Waals surface area contributed by atoms with Crippen LogP contribution in [0.2, 0.25) is 0 Å². The molecule has 1 aromatic carbocycles. The van der Waals surface area contributed by atoms with Crippen molar-refractivity contribution in [1.29, 1.82) is 0 Å². The number of benzene rings is 1. The van der Waals surface area contributed by atoms with E-state index in [2.05, 4.69) is 10.1 Å². The van der Waals surface area contributed by atoms with E-state index in [4.69, 9.17) is 4.42 Å². The van der Waals surface area contributed by atoms with E-state index in [0.29, 0.717) is 11.8 Å². The van der Waals surface area contributed by atoms with Gasteiger partial charge in [-0.3, -0.25) is 14.9 Å². The van der Waals surface area contributed by atoms with Crippen molar-refractivity contribution in [2.45, 2.75) is 12.8 Å². The van der Waals surface area contributed by atoms with Gasteiger partial charge in [-0.25, -0.2) is 4.79 Å². The standard InChI is InChI=1S/C14H14N2O6/c1-21-11(17)7-4-8-15-12-9-5-2-3-6-10(9)22-14(18)13(12)16(19)20/h2-3,5-6,15H,4,7-8H2,1H3. The Balaban J connectivity index is 2.33. The first-order valence-corrected chi connectivity index (χ1v) is 6.55. The smallest absolute Gasteiger partial charge is 0.417 e. The zero-order chi connectivity index (χ0) is 16.1. The Labute approximate surface area is 124 Å². The van der Waals surface area contributed by atoms with E-state index in [1.54, 1.807) is 24.3 Å².